The Balaban J connectivity index is 1.30. The van der Waals surface area contributed by atoms with Crippen molar-refractivity contribution in [3.63, 3.8) is 0 Å². The quantitative estimate of drug-likeness (QED) is 0.100. The molecule has 1 aliphatic rings. The van der Waals surface area contributed by atoms with E-state index in [-0.39, 0.29) is 27.5 Å². The lowest BCUT2D eigenvalue weighted by molar-refractivity contribution is -0.0696. The largest absolute Gasteiger partial charge is 0.493 e. The number of alkyl halides is 3. The van der Waals surface area contributed by atoms with E-state index in [0.29, 0.717) is 18.3 Å². The molecule has 0 atom stereocenters. The topological polar surface area (TPSA) is 9.23 Å². The van der Waals surface area contributed by atoms with Crippen LogP contribution in [0.4, 0.5) is 35.1 Å². The number of unbranched alkanes of at least 4 members (excludes halogenated alkanes) is 2. The molecule has 0 unspecified atom stereocenters. The summed E-state index contributed by atoms with van der Waals surface area (Å²) in [5.74, 6) is -1.73. The van der Waals surface area contributed by atoms with Crippen LogP contribution in [0.1, 0.15) is 63.9 Å². The van der Waals surface area contributed by atoms with Crippen LogP contribution in [-0.4, -0.2) is 12.8 Å². The molecule has 0 bridgehead atoms. The predicted molar refractivity (Wildman–Crippen MR) is 163 cm³/mol. The maximum absolute atomic E-state index is 15.3. The highest BCUT2D eigenvalue weighted by Gasteiger charge is 2.25. The van der Waals surface area contributed by atoms with Crippen LogP contribution >= 0.6 is 0 Å². The molecule has 0 aliphatic heterocycles. The van der Waals surface area contributed by atoms with Gasteiger partial charge in [-0.1, -0.05) is 63.5 Å². The average molecular weight is 645 g/mol. The van der Waals surface area contributed by atoms with Crippen LogP contribution in [-0.2, 0) is 0 Å². The van der Waals surface area contributed by atoms with Gasteiger partial charge in [-0.25, -0.2) is 22.0 Å². The third kappa shape index (κ3) is 7.83. The maximum atomic E-state index is 15.3. The molecule has 0 amide bonds. The van der Waals surface area contributed by atoms with E-state index in [1.165, 1.54) is 56.6 Å². The van der Waals surface area contributed by atoms with Crippen molar-refractivity contribution >= 4 is 10.8 Å². The van der Waals surface area contributed by atoms with Crippen molar-refractivity contribution in [2.75, 3.05) is 6.61 Å². The molecule has 5 rings (SSSR count). The molecule has 0 spiro atoms. The number of hydrogen-bond acceptors (Lipinski definition) is 1. The van der Waals surface area contributed by atoms with Crippen LogP contribution in [0, 0.1) is 52.8 Å². The number of hydrogen-bond donors (Lipinski definition) is 0. The van der Waals surface area contributed by atoms with Gasteiger partial charge in [0.05, 0.1) is 17.7 Å². The van der Waals surface area contributed by atoms with Gasteiger partial charge in [0.15, 0.2) is 0 Å². The molecule has 4 aromatic carbocycles. The minimum absolute atomic E-state index is 0.0422. The molecule has 46 heavy (non-hydrogen) atoms. The molecule has 0 N–H and O–H groups in total. The molecule has 0 radical (unpaired) electrons. The second kappa shape index (κ2) is 14.1. The van der Waals surface area contributed by atoms with Crippen LogP contribution < -0.4 is 4.74 Å². The fourth-order valence-corrected chi connectivity index (χ4v) is 6.14. The molecular formula is C37H32F8O. The van der Waals surface area contributed by atoms with Crippen molar-refractivity contribution in [3.05, 3.63) is 89.2 Å². The Morgan fingerprint density at radius 2 is 1.43 bits per heavy atom. The van der Waals surface area contributed by atoms with E-state index in [1.54, 1.807) is 6.07 Å². The average Bonchev–Trinajstić information content (AvgIpc) is 2.99. The van der Waals surface area contributed by atoms with Gasteiger partial charge in [0.1, 0.15) is 34.8 Å². The highest BCUT2D eigenvalue weighted by atomic mass is 19.4. The van der Waals surface area contributed by atoms with E-state index in [9.17, 15) is 22.0 Å². The molecule has 1 nitrogen and oxygen atoms in total. The zero-order valence-electron chi connectivity index (χ0n) is 25.1. The number of halogens is 8. The summed E-state index contributed by atoms with van der Waals surface area (Å²) in [4.78, 5) is 0. The van der Waals surface area contributed by atoms with Crippen LogP contribution in [0.2, 0.25) is 0 Å². The summed E-state index contributed by atoms with van der Waals surface area (Å²) in [6, 6.07) is 10.1. The van der Waals surface area contributed by atoms with Crippen molar-refractivity contribution < 1.29 is 39.9 Å². The summed E-state index contributed by atoms with van der Waals surface area (Å²) >= 11 is 0. The minimum atomic E-state index is -4.95. The monoisotopic (exact) mass is 644 g/mol. The maximum Gasteiger partial charge on any atom is 0.458 e. The Kier molecular flexibility index (Phi) is 10.2. The molecule has 9 heteroatoms. The van der Waals surface area contributed by atoms with Crippen LogP contribution in [0.25, 0.3) is 33.0 Å². The fraction of sp³-hybridized carbons (Fsp3) is 0.351. The lowest BCUT2D eigenvalue weighted by Gasteiger charge is -2.28. The van der Waals surface area contributed by atoms with E-state index in [2.05, 4.69) is 6.92 Å². The SMILES string of the molecule is CCCCCC1CCC(COc2ccc(-c3cc(F)c(-c4ccc5c(F)c(C#CC(F)(F)F)c(F)cc5c4)c(F)c3)c(F)c2)CC1. The first-order chi connectivity index (χ1) is 21.9. The van der Waals surface area contributed by atoms with E-state index in [4.69, 9.17) is 4.74 Å². The zero-order valence-corrected chi connectivity index (χ0v) is 25.1. The van der Waals surface area contributed by atoms with Crippen LogP contribution in [0.15, 0.2) is 54.6 Å². The van der Waals surface area contributed by atoms with E-state index in [1.807, 2.05) is 0 Å². The Morgan fingerprint density at radius 1 is 0.739 bits per heavy atom. The summed E-state index contributed by atoms with van der Waals surface area (Å²) in [6.07, 6.45) is 4.55. The van der Waals surface area contributed by atoms with Crippen molar-refractivity contribution in [2.24, 2.45) is 11.8 Å². The molecule has 1 fully saturated rings. The number of fused-ring (bicyclic) bond motifs is 1. The lowest BCUT2D eigenvalue weighted by Crippen LogP contribution is -2.20. The van der Waals surface area contributed by atoms with Gasteiger partial charge in [0.2, 0.25) is 0 Å². The van der Waals surface area contributed by atoms with Gasteiger partial charge in [-0.15, -0.1) is 0 Å². The molecule has 0 heterocycles. The fourth-order valence-electron chi connectivity index (χ4n) is 6.14. The highest BCUT2D eigenvalue weighted by Crippen LogP contribution is 2.36. The van der Waals surface area contributed by atoms with Gasteiger partial charge in [-0.2, -0.15) is 13.2 Å². The first-order valence-corrected chi connectivity index (χ1v) is 15.4. The zero-order chi connectivity index (χ0) is 33.0. The molecule has 242 valence electrons. The lowest BCUT2D eigenvalue weighted by atomic mass is 9.80. The number of benzene rings is 4. The summed E-state index contributed by atoms with van der Waals surface area (Å²) in [6.45, 7) is 2.67. The molecular weight excluding hydrogens is 612 g/mol. The Morgan fingerprint density at radius 3 is 2.09 bits per heavy atom. The normalized spacial score (nSPS) is 16.7. The minimum Gasteiger partial charge on any atom is -0.493 e. The van der Waals surface area contributed by atoms with E-state index < -0.39 is 46.4 Å². The van der Waals surface area contributed by atoms with Gasteiger partial charge in [0, 0.05) is 22.9 Å². The summed E-state index contributed by atoms with van der Waals surface area (Å²) in [5, 5.41) is -0.428. The van der Waals surface area contributed by atoms with Crippen LogP contribution in [0.3, 0.4) is 0 Å². The smallest absolute Gasteiger partial charge is 0.458 e. The third-order valence-electron chi connectivity index (χ3n) is 8.61. The van der Waals surface area contributed by atoms with Crippen molar-refractivity contribution in [3.8, 4) is 39.8 Å². The Bertz CT molecular complexity index is 1750. The third-order valence-corrected chi connectivity index (χ3v) is 8.61. The van der Waals surface area contributed by atoms with Crippen molar-refractivity contribution in [1.29, 1.82) is 0 Å². The molecule has 0 saturated heterocycles. The van der Waals surface area contributed by atoms with Gasteiger partial charge in [0.25, 0.3) is 0 Å². The predicted octanol–water partition coefficient (Wildman–Crippen LogP) is 11.5. The molecule has 4 aromatic rings. The summed E-state index contributed by atoms with van der Waals surface area (Å²) < 4.78 is 118. The van der Waals surface area contributed by atoms with Gasteiger partial charge in [-0.05, 0) is 77.6 Å². The number of rotatable bonds is 9. The molecule has 1 saturated carbocycles. The van der Waals surface area contributed by atoms with E-state index in [0.717, 1.165) is 61.1 Å². The number of ether oxygens (including phenoxy) is 1. The highest BCUT2D eigenvalue weighted by molar-refractivity contribution is 5.89. The Hall–Kier alpha value is -4.06. The van der Waals surface area contributed by atoms with Crippen molar-refractivity contribution in [2.45, 2.75) is 64.5 Å². The Labute approximate surface area is 262 Å². The van der Waals surface area contributed by atoms with Gasteiger partial charge in [-0.3, -0.25) is 0 Å². The van der Waals surface area contributed by atoms with E-state index >= 15 is 13.2 Å². The molecule has 1 aliphatic carbocycles. The summed E-state index contributed by atoms with van der Waals surface area (Å²) in [5.41, 5.74) is -1.78. The van der Waals surface area contributed by atoms with Crippen LogP contribution in [0.5, 0.6) is 5.75 Å². The van der Waals surface area contributed by atoms with Gasteiger partial charge >= 0.3 is 6.18 Å². The summed E-state index contributed by atoms with van der Waals surface area (Å²) in [7, 11) is 0. The first-order valence-electron chi connectivity index (χ1n) is 15.4. The first kappa shape index (κ1) is 33.3. The van der Waals surface area contributed by atoms with Crippen molar-refractivity contribution in [1.82, 2.24) is 0 Å². The second-order valence-corrected chi connectivity index (χ2v) is 11.9. The second-order valence-electron chi connectivity index (χ2n) is 11.9. The molecule has 0 aromatic heterocycles. The van der Waals surface area contributed by atoms with Gasteiger partial charge < -0.3 is 4.74 Å². The standard InChI is InChI=1S/C37H32F8O/c1-2-3-4-5-22-6-8-23(9-7-22)21-46-27-11-13-28(32(39)20-27)26-18-33(40)35(34(41)19-26)24-10-12-29-25(16-24)17-31(38)30(36(29)42)14-15-37(43,44)45/h10-13,16-20,22-23H,2-9,21H2,1H3.